The van der Waals surface area contributed by atoms with Crippen molar-refractivity contribution in [3.05, 3.63) is 40.4 Å². The molecule has 1 aliphatic heterocycles. The van der Waals surface area contributed by atoms with Crippen LogP contribution in [0.15, 0.2) is 29.2 Å². The second kappa shape index (κ2) is 8.99. The number of hydrogen-bond acceptors (Lipinski definition) is 5. The number of carbonyl (C=O) groups is 1. The van der Waals surface area contributed by atoms with E-state index in [9.17, 15) is 9.59 Å². The molecule has 7 nitrogen and oxygen atoms in total. The highest BCUT2D eigenvalue weighted by atomic mass is 16.2. The van der Waals surface area contributed by atoms with Gasteiger partial charge < -0.3 is 15.2 Å². The van der Waals surface area contributed by atoms with E-state index in [0.29, 0.717) is 30.6 Å². The van der Waals surface area contributed by atoms with Gasteiger partial charge in [0, 0.05) is 49.1 Å². The molecule has 7 heteroatoms. The molecular formula is C21H29N5O2. The van der Waals surface area contributed by atoms with Crippen molar-refractivity contribution in [3.8, 4) is 11.4 Å². The minimum Gasteiger partial charge on any atom is -0.367 e. The normalized spacial score (nSPS) is 15.1. The van der Waals surface area contributed by atoms with Crippen LogP contribution in [0.3, 0.4) is 0 Å². The standard InChI is InChI=1S/C21H29N5O2/c1-4-16-12-19(27)25-21(24-16)15-5-6-18(22-13-15)23-17-7-9-26(10-8-17)20(28)11-14(2)3/h5-6,12-14,17H,4,7-11H2,1-3H3,(H,22,23)(H,24,25,27). The molecule has 1 aliphatic rings. The molecule has 0 aromatic carbocycles. The van der Waals surface area contributed by atoms with Gasteiger partial charge in [0.05, 0.1) is 0 Å². The van der Waals surface area contributed by atoms with Crippen LogP contribution in [-0.2, 0) is 11.2 Å². The van der Waals surface area contributed by atoms with Crippen LogP contribution in [0.5, 0.6) is 0 Å². The van der Waals surface area contributed by atoms with Crippen molar-refractivity contribution in [2.45, 2.75) is 52.5 Å². The molecule has 1 amide bonds. The molecule has 0 aliphatic carbocycles. The van der Waals surface area contributed by atoms with Crippen molar-refractivity contribution in [1.29, 1.82) is 0 Å². The van der Waals surface area contributed by atoms with Crippen molar-refractivity contribution in [1.82, 2.24) is 19.9 Å². The number of likely N-dealkylation sites (tertiary alicyclic amines) is 1. The Morgan fingerprint density at radius 2 is 2.07 bits per heavy atom. The predicted octanol–water partition coefficient (Wildman–Crippen LogP) is 2.84. The molecule has 0 bridgehead atoms. The number of nitrogens with one attached hydrogen (secondary N) is 2. The molecule has 0 unspecified atom stereocenters. The van der Waals surface area contributed by atoms with Crippen LogP contribution < -0.4 is 10.9 Å². The third-order valence-electron chi connectivity index (χ3n) is 4.98. The van der Waals surface area contributed by atoms with Crippen molar-refractivity contribution >= 4 is 11.7 Å². The van der Waals surface area contributed by atoms with Gasteiger partial charge in [-0.3, -0.25) is 9.59 Å². The molecule has 1 saturated heterocycles. The SMILES string of the molecule is CCc1cc(=O)[nH]c(-c2ccc(NC3CCN(C(=O)CC(C)C)CC3)nc2)n1. The zero-order valence-electron chi connectivity index (χ0n) is 16.9. The maximum Gasteiger partial charge on any atom is 0.251 e. The van der Waals surface area contributed by atoms with Crippen LogP contribution in [0.1, 0.15) is 45.7 Å². The lowest BCUT2D eigenvalue weighted by atomic mass is 10.0. The number of hydrogen-bond donors (Lipinski definition) is 2. The molecule has 28 heavy (non-hydrogen) atoms. The Morgan fingerprint density at radius 3 is 2.68 bits per heavy atom. The molecule has 3 heterocycles. The lowest BCUT2D eigenvalue weighted by Gasteiger charge is -2.33. The van der Waals surface area contributed by atoms with Gasteiger partial charge in [-0.2, -0.15) is 0 Å². The molecule has 0 radical (unpaired) electrons. The van der Waals surface area contributed by atoms with Gasteiger partial charge >= 0.3 is 0 Å². The van der Waals surface area contributed by atoms with Gasteiger partial charge in [0.1, 0.15) is 11.6 Å². The Hall–Kier alpha value is -2.70. The number of rotatable bonds is 6. The predicted molar refractivity (Wildman–Crippen MR) is 110 cm³/mol. The zero-order valence-corrected chi connectivity index (χ0v) is 16.9. The zero-order chi connectivity index (χ0) is 20.1. The first kappa shape index (κ1) is 20.0. The molecule has 2 N–H and O–H groups in total. The highest BCUT2D eigenvalue weighted by Crippen LogP contribution is 2.19. The van der Waals surface area contributed by atoms with E-state index in [-0.39, 0.29) is 11.5 Å². The van der Waals surface area contributed by atoms with E-state index in [2.05, 4.69) is 34.1 Å². The van der Waals surface area contributed by atoms with Gasteiger partial charge in [-0.15, -0.1) is 0 Å². The largest absolute Gasteiger partial charge is 0.367 e. The van der Waals surface area contributed by atoms with E-state index >= 15 is 0 Å². The quantitative estimate of drug-likeness (QED) is 0.800. The van der Waals surface area contributed by atoms with Crippen LogP contribution in [0, 0.1) is 5.92 Å². The van der Waals surface area contributed by atoms with Crippen LogP contribution in [0.2, 0.25) is 0 Å². The second-order valence-electron chi connectivity index (χ2n) is 7.77. The van der Waals surface area contributed by atoms with E-state index in [1.54, 1.807) is 6.20 Å². The number of amides is 1. The summed E-state index contributed by atoms with van der Waals surface area (Å²) in [6, 6.07) is 5.65. The van der Waals surface area contributed by atoms with Gasteiger partial charge in [0.15, 0.2) is 0 Å². The number of H-pyrrole nitrogens is 1. The van der Waals surface area contributed by atoms with Crippen molar-refractivity contribution < 1.29 is 4.79 Å². The number of aromatic nitrogens is 3. The molecule has 0 atom stereocenters. The Labute approximate surface area is 165 Å². The van der Waals surface area contributed by atoms with Gasteiger partial charge in [0.2, 0.25) is 5.91 Å². The Morgan fingerprint density at radius 1 is 1.32 bits per heavy atom. The van der Waals surface area contributed by atoms with E-state index in [1.807, 2.05) is 24.0 Å². The number of nitrogens with zero attached hydrogens (tertiary/aromatic N) is 3. The monoisotopic (exact) mass is 383 g/mol. The maximum atomic E-state index is 12.2. The molecule has 1 fully saturated rings. The summed E-state index contributed by atoms with van der Waals surface area (Å²) in [5.74, 6) is 1.99. The lowest BCUT2D eigenvalue weighted by molar-refractivity contribution is -0.132. The molecule has 0 spiro atoms. The summed E-state index contributed by atoms with van der Waals surface area (Å²) in [6.07, 6.45) is 4.89. The van der Waals surface area contributed by atoms with Crippen LogP contribution in [-0.4, -0.2) is 44.9 Å². The summed E-state index contributed by atoms with van der Waals surface area (Å²) in [5.41, 5.74) is 1.40. The molecule has 2 aromatic rings. The smallest absolute Gasteiger partial charge is 0.251 e. The summed E-state index contributed by atoms with van der Waals surface area (Å²) < 4.78 is 0. The Kier molecular flexibility index (Phi) is 6.44. The van der Waals surface area contributed by atoms with Gasteiger partial charge in [-0.1, -0.05) is 20.8 Å². The topological polar surface area (TPSA) is 91.0 Å². The first-order valence-electron chi connectivity index (χ1n) is 10.1. The van der Waals surface area contributed by atoms with Crippen molar-refractivity contribution in [2.75, 3.05) is 18.4 Å². The fraction of sp³-hybridized carbons (Fsp3) is 0.524. The van der Waals surface area contributed by atoms with Crippen LogP contribution >= 0.6 is 0 Å². The summed E-state index contributed by atoms with van der Waals surface area (Å²) in [5, 5.41) is 3.45. The third kappa shape index (κ3) is 5.18. The molecule has 0 saturated carbocycles. The number of anilines is 1. The minimum atomic E-state index is -0.150. The van der Waals surface area contributed by atoms with E-state index in [1.165, 1.54) is 6.07 Å². The summed E-state index contributed by atoms with van der Waals surface area (Å²) in [6.45, 7) is 7.70. The Balaban J connectivity index is 1.58. The molecule has 150 valence electrons. The fourth-order valence-corrected chi connectivity index (χ4v) is 3.41. The minimum absolute atomic E-state index is 0.150. The first-order valence-corrected chi connectivity index (χ1v) is 10.1. The van der Waals surface area contributed by atoms with Gasteiger partial charge in [-0.05, 0) is 37.3 Å². The van der Waals surface area contributed by atoms with Gasteiger partial charge in [-0.25, -0.2) is 9.97 Å². The lowest BCUT2D eigenvalue weighted by Crippen LogP contribution is -2.42. The average molecular weight is 383 g/mol. The number of piperidine rings is 1. The number of carbonyl (C=O) groups excluding carboxylic acids is 1. The highest BCUT2D eigenvalue weighted by Gasteiger charge is 2.23. The summed E-state index contributed by atoms with van der Waals surface area (Å²) in [7, 11) is 0. The number of aromatic amines is 1. The maximum absolute atomic E-state index is 12.2. The summed E-state index contributed by atoms with van der Waals surface area (Å²) >= 11 is 0. The van der Waals surface area contributed by atoms with Gasteiger partial charge in [0.25, 0.3) is 5.56 Å². The van der Waals surface area contributed by atoms with Crippen LogP contribution in [0.25, 0.3) is 11.4 Å². The van der Waals surface area contributed by atoms with Crippen molar-refractivity contribution in [3.63, 3.8) is 0 Å². The van der Waals surface area contributed by atoms with E-state index < -0.39 is 0 Å². The number of aryl methyl sites for hydroxylation is 1. The first-order chi connectivity index (χ1) is 13.4. The molecular weight excluding hydrogens is 354 g/mol. The van der Waals surface area contributed by atoms with Crippen LogP contribution in [0.4, 0.5) is 5.82 Å². The second-order valence-corrected chi connectivity index (χ2v) is 7.77. The van der Waals surface area contributed by atoms with Crippen molar-refractivity contribution in [2.24, 2.45) is 5.92 Å². The van der Waals surface area contributed by atoms with E-state index in [0.717, 1.165) is 43.0 Å². The molecule has 2 aromatic heterocycles. The summed E-state index contributed by atoms with van der Waals surface area (Å²) in [4.78, 5) is 37.6. The number of pyridine rings is 1. The van der Waals surface area contributed by atoms with E-state index in [4.69, 9.17) is 0 Å². The highest BCUT2D eigenvalue weighted by molar-refractivity contribution is 5.76. The Bertz CT molecular complexity index is 852. The third-order valence-corrected chi connectivity index (χ3v) is 4.98. The average Bonchev–Trinajstić information content (AvgIpc) is 2.68. The fourth-order valence-electron chi connectivity index (χ4n) is 3.41. The molecule has 3 rings (SSSR count).